The molecule has 0 spiro atoms. The highest BCUT2D eigenvalue weighted by Gasteiger charge is 2.20. The van der Waals surface area contributed by atoms with Crippen molar-refractivity contribution in [2.24, 2.45) is 5.73 Å². The largest absolute Gasteiger partial charge is 0.467 e. The first-order chi connectivity index (χ1) is 9.47. The van der Waals surface area contributed by atoms with Crippen LogP contribution in [0.15, 0.2) is 12.1 Å². The van der Waals surface area contributed by atoms with Gasteiger partial charge >= 0.3 is 0 Å². The van der Waals surface area contributed by atoms with Crippen molar-refractivity contribution < 1.29 is 14.3 Å². The van der Waals surface area contributed by atoms with Gasteiger partial charge in [-0.05, 0) is 26.0 Å². The monoisotopic (exact) mass is 298 g/mol. The van der Waals surface area contributed by atoms with Crippen molar-refractivity contribution in [1.82, 2.24) is 4.90 Å². The quantitative estimate of drug-likeness (QED) is 0.902. The molecular weight excluding hydrogens is 280 g/mol. The van der Waals surface area contributed by atoms with E-state index >= 15 is 0 Å². The summed E-state index contributed by atoms with van der Waals surface area (Å²) in [6.07, 6.45) is 0. The van der Waals surface area contributed by atoms with Gasteiger partial charge in [0.15, 0.2) is 6.79 Å². The van der Waals surface area contributed by atoms with Gasteiger partial charge in [0, 0.05) is 28.7 Å². The molecule has 110 valence electrons. The molecule has 0 aliphatic carbocycles. The van der Waals surface area contributed by atoms with E-state index < -0.39 is 0 Å². The van der Waals surface area contributed by atoms with Gasteiger partial charge in [-0.1, -0.05) is 11.6 Å². The molecule has 0 aromatic heterocycles. The fraction of sp³-hybridized carbons (Fsp3) is 0.500. The van der Waals surface area contributed by atoms with Gasteiger partial charge in [-0.15, -0.1) is 0 Å². The van der Waals surface area contributed by atoms with Gasteiger partial charge in [-0.25, -0.2) is 0 Å². The van der Waals surface area contributed by atoms with E-state index in [1.54, 1.807) is 0 Å². The Morgan fingerprint density at radius 1 is 1.50 bits per heavy atom. The first-order valence-corrected chi connectivity index (χ1v) is 6.89. The maximum absolute atomic E-state index is 11.2. The zero-order valence-electron chi connectivity index (χ0n) is 11.7. The van der Waals surface area contributed by atoms with Crippen LogP contribution in [0.4, 0.5) is 0 Å². The van der Waals surface area contributed by atoms with Gasteiger partial charge in [-0.3, -0.25) is 9.69 Å². The number of nitrogens with two attached hydrogens (primary N) is 1. The molecule has 1 aromatic carbocycles. The lowest BCUT2D eigenvalue weighted by Crippen LogP contribution is -2.38. The second kappa shape index (κ2) is 6.43. The molecule has 20 heavy (non-hydrogen) atoms. The Balaban J connectivity index is 2.27. The standard InChI is InChI=1S/C14H19ClN2O3/c1-9(2)17(6-13(16)18)5-10-3-12(15)4-11-7-19-8-20-14(10)11/h3-4,9H,5-8H2,1-2H3,(H2,16,18). The van der Waals surface area contributed by atoms with Crippen LogP contribution < -0.4 is 10.5 Å². The zero-order valence-corrected chi connectivity index (χ0v) is 12.4. The van der Waals surface area contributed by atoms with Crippen molar-refractivity contribution in [3.8, 4) is 5.75 Å². The van der Waals surface area contributed by atoms with Gasteiger partial charge in [0.05, 0.1) is 13.2 Å². The zero-order chi connectivity index (χ0) is 14.7. The summed E-state index contributed by atoms with van der Waals surface area (Å²) in [4.78, 5) is 13.1. The average molecular weight is 299 g/mol. The molecule has 0 radical (unpaired) electrons. The predicted octanol–water partition coefficient (Wildman–Crippen LogP) is 1.90. The summed E-state index contributed by atoms with van der Waals surface area (Å²) in [5, 5.41) is 0.635. The van der Waals surface area contributed by atoms with Crippen LogP contribution in [0, 0.1) is 0 Å². The van der Waals surface area contributed by atoms with Gasteiger partial charge in [-0.2, -0.15) is 0 Å². The highest BCUT2D eigenvalue weighted by molar-refractivity contribution is 6.30. The van der Waals surface area contributed by atoms with Crippen molar-refractivity contribution in [3.63, 3.8) is 0 Å². The summed E-state index contributed by atoms with van der Waals surface area (Å²) in [7, 11) is 0. The lowest BCUT2D eigenvalue weighted by molar-refractivity contribution is -0.119. The van der Waals surface area contributed by atoms with Crippen molar-refractivity contribution in [2.75, 3.05) is 13.3 Å². The number of fused-ring (bicyclic) bond motifs is 1. The van der Waals surface area contributed by atoms with E-state index in [2.05, 4.69) is 0 Å². The van der Waals surface area contributed by atoms with Crippen molar-refractivity contribution >= 4 is 17.5 Å². The molecule has 2 N–H and O–H groups in total. The number of nitrogens with zero attached hydrogens (tertiary/aromatic N) is 1. The third kappa shape index (κ3) is 3.62. The van der Waals surface area contributed by atoms with E-state index in [0.717, 1.165) is 16.9 Å². The van der Waals surface area contributed by atoms with Crippen LogP contribution in [0.3, 0.4) is 0 Å². The van der Waals surface area contributed by atoms with Crippen LogP contribution in [-0.2, 0) is 22.7 Å². The Hall–Kier alpha value is -1.30. The number of hydrogen-bond acceptors (Lipinski definition) is 4. The maximum Gasteiger partial charge on any atom is 0.231 e. The van der Waals surface area contributed by atoms with Crippen molar-refractivity contribution in [3.05, 3.63) is 28.3 Å². The molecule has 1 aromatic rings. The minimum atomic E-state index is -0.348. The Morgan fingerprint density at radius 2 is 2.25 bits per heavy atom. The molecular formula is C14H19ClN2O3. The second-order valence-electron chi connectivity index (χ2n) is 5.13. The highest BCUT2D eigenvalue weighted by Crippen LogP contribution is 2.32. The van der Waals surface area contributed by atoms with Crippen LogP contribution in [0.2, 0.25) is 5.02 Å². The van der Waals surface area contributed by atoms with Crippen LogP contribution >= 0.6 is 11.6 Å². The molecule has 0 atom stereocenters. The topological polar surface area (TPSA) is 64.8 Å². The molecule has 5 nitrogen and oxygen atoms in total. The molecule has 1 amide bonds. The summed E-state index contributed by atoms with van der Waals surface area (Å²) in [6, 6.07) is 3.90. The number of primary amides is 1. The Bertz CT molecular complexity index is 505. The summed E-state index contributed by atoms with van der Waals surface area (Å²) in [6.45, 7) is 5.52. The van der Waals surface area contributed by atoms with Crippen molar-refractivity contribution in [2.45, 2.75) is 33.0 Å². The Morgan fingerprint density at radius 3 is 2.90 bits per heavy atom. The third-order valence-corrected chi connectivity index (χ3v) is 3.43. The number of halogens is 1. The lowest BCUT2D eigenvalue weighted by Gasteiger charge is -2.28. The van der Waals surface area contributed by atoms with Gasteiger partial charge in [0.1, 0.15) is 5.75 Å². The molecule has 0 fully saturated rings. The van der Waals surface area contributed by atoms with Gasteiger partial charge in [0.25, 0.3) is 0 Å². The number of hydrogen-bond donors (Lipinski definition) is 1. The summed E-state index contributed by atoms with van der Waals surface area (Å²) < 4.78 is 10.8. The van der Waals surface area contributed by atoms with Crippen LogP contribution in [0.5, 0.6) is 5.75 Å². The first kappa shape index (κ1) is 15.1. The van der Waals surface area contributed by atoms with E-state index in [1.165, 1.54) is 0 Å². The molecule has 1 aliphatic rings. The minimum absolute atomic E-state index is 0.192. The smallest absolute Gasteiger partial charge is 0.231 e. The SMILES string of the molecule is CC(C)N(CC(N)=O)Cc1cc(Cl)cc2c1OCOC2. The maximum atomic E-state index is 11.2. The predicted molar refractivity (Wildman–Crippen MR) is 76.5 cm³/mol. The lowest BCUT2D eigenvalue weighted by atomic mass is 10.1. The molecule has 2 rings (SSSR count). The van der Waals surface area contributed by atoms with Crippen LogP contribution in [0.25, 0.3) is 0 Å². The number of amides is 1. The highest BCUT2D eigenvalue weighted by atomic mass is 35.5. The Labute approximate surface area is 123 Å². The van der Waals surface area contributed by atoms with E-state index in [9.17, 15) is 4.79 Å². The average Bonchev–Trinajstić information content (AvgIpc) is 2.37. The molecule has 1 heterocycles. The van der Waals surface area contributed by atoms with E-state index in [4.69, 9.17) is 26.8 Å². The first-order valence-electron chi connectivity index (χ1n) is 6.51. The molecule has 0 bridgehead atoms. The fourth-order valence-electron chi connectivity index (χ4n) is 2.21. The van der Waals surface area contributed by atoms with E-state index in [0.29, 0.717) is 18.2 Å². The number of carbonyl (C=O) groups is 1. The van der Waals surface area contributed by atoms with Crippen LogP contribution in [0.1, 0.15) is 25.0 Å². The van der Waals surface area contributed by atoms with Crippen molar-refractivity contribution in [1.29, 1.82) is 0 Å². The minimum Gasteiger partial charge on any atom is -0.467 e. The number of carbonyl (C=O) groups excluding carboxylic acids is 1. The van der Waals surface area contributed by atoms with Crippen LogP contribution in [-0.4, -0.2) is 30.2 Å². The fourth-order valence-corrected chi connectivity index (χ4v) is 2.48. The molecule has 0 saturated carbocycles. The van der Waals surface area contributed by atoms with E-state index in [-0.39, 0.29) is 25.3 Å². The van der Waals surface area contributed by atoms with Gasteiger partial charge < -0.3 is 15.2 Å². The summed E-state index contributed by atoms with van der Waals surface area (Å²) in [5.41, 5.74) is 7.18. The molecule has 0 saturated heterocycles. The van der Waals surface area contributed by atoms with E-state index in [1.807, 2.05) is 30.9 Å². The number of ether oxygens (including phenoxy) is 2. The normalized spacial score (nSPS) is 14.2. The molecule has 1 aliphatic heterocycles. The molecule has 0 unspecified atom stereocenters. The second-order valence-corrected chi connectivity index (χ2v) is 5.57. The number of benzene rings is 1. The molecule has 6 heteroatoms. The summed E-state index contributed by atoms with van der Waals surface area (Å²) in [5.74, 6) is 0.453. The third-order valence-electron chi connectivity index (χ3n) is 3.21. The number of rotatable bonds is 5. The Kier molecular flexibility index (Phi) is 4.86. The summed E-state index contributed by atoms with van der Waals surface area (Å²) >= 11 is 6.13. The van der Waals surface area contributed by atoms with Gasteiger partial charge in [0.2, 0.25) is 5.91 Å².